The average Bonchev–Trinajstić information content (AvgIpc) is 2.85. The second kappa shape index (κ2) is 6.11. The molecule has 0 saturated heterocycles. The van der Waals surface area contributed by atoms with E-state index >= 15 is 0 Å². The van der Waals surface area contributed by atoms with Gasteiger partial charge in [0, 0.05) is 28.9 Å². The van der Waals surface area contributed by atoms with Crippen molar-refractivity contribution in [2.24, 2.45) is 0 Å². The van der Waals surface area contributed by atoms with E-state index in [-0.39, 0.29) is 11.3 Å². The lowest BCUT2D eigenvalue weighted by Crippen LogP contribution is -2.33. The molecule has 0 radical (unpaired) electrons. The van der Waals surface area contributed by atoms with E-state index in [9.17, 15) is 8.42 Å². The van der Waals surface area contributed by atoms with Crippen LogP contribution >= 0.6 is 11.5 Å². The van der Waals surface area contributed by atoms with E-state index in [1.54, 1.807) is 0 Å². The Hall–Kier alpha value is -1.47. The summed E-state index contributed by atoms with van der Waals surface area (Å²) in [5, 5.41) is 3.96. The summed E-state index contributed by atoms with van der Waals surface area (Å²) in [5.74, 6) is 0.833. The highest BCUT2D eigenvalue weighted by Gasteiger charge is 2.21. The van der Waals surface area contributed by atoms with E-state index in [0.29, 0.717) is 17.4 Å². The van der Waals surface area contributed by atoms with Gasteiger partial charge in [0.05, 0.1) is 5.75 Å². The van der Waals surface area contributed by atoms with Crippen LogP contribution in [0.4, 0.5) is 5.13 Å². The zero-order valence-corrected chi connectivity index (χ0v) is 14.0. The molecular formula is C14H19N3O2S2. The van der Waals surface area contributed by atoms with Crippen molar-refractivity contribution < 1.29 is 8.42 Å². The smallest absolute Gasteiger partial charge is 0.203 e. The van der Waals surface area contributed by atoms with Crippen LogP contribution in [0.25, 0.3) is 11.4 Å². The van der Waals surface area contributed by atoms with E-state index in [4.69, 9.17) is 0 Å². The predicted molar refractivity (Wildman–Crippen MR) is 87.4 cm³/mol. The summed E-state index contributed by atoms with van der Waals surface area (Å²) >= 11 is 1.28. The molecule has 0 aliphatic heterocycles. The van der Waals surface area contributed by atoms with Gasteiger partial charge in [-0.25, -0.2) is 8.42 Å². The number of nitrogens with zero attached hydrogens (tertiary/aromatic N) is 2. The first-order valence-electron chi connectivity index (χ1n) is 6.60. The Kier molecular flexibility index (Phi) is 4.63. The summed E-state index contributed by atoms with van der Waals surface area (Å²) in [6.07, 6.45) is 1.77. The molecule has 0 bridgehead atoms. The Bertz CT molecular complexity index is 694. The van der Waals surface area contributed by atoms with Gasteiger partial charge in [-0.15, -0.1) is 0 Å². The van der Waals surface area contributed by atoms with Gasteiger partial charge in [0.1, 0.15) is 9.84 Å². The first-order valence-corrected chi connectivity index (χ1v) is 9.44. The van der Waals surface area contributed by atoms with Crippen LogP contribution in [0.15, 0.2) is 30.3 Å². The van der Waals surface area contributed by atoms with Crippen molar-refractivity contribution in [3.05, 3.63) is 30.3 Å². The lowest BCUT2D eigenvalue weighted by atomic mass is 10.0. The van der Waals surface area contributed by atoms with Crippen molar-refractivity contribution in [3.8, 4) is 11.4 Å². The average molecular weight is 325 g/mol. The van der Waals surface area contributed by atoms with Crippen molar-refractivity contribution in [2.75, 3.05) is 17.3 Å². The fourth-order valence-corrected chi connectivity index (χ4v) is 3.42. The lowest BCUT2D eigenvalue weighted by molar-refractivity contribution is 0.535. The molecule has 0 aliphatic rings. The van der Waals surface area contributed by atoms with Crippen molar-refractivity contribution in [3.63, 3.8) is 0 Å². The number of anilines is 1. The molecule has 0 amide bonds. The second-order valence-electron chi connectivity index (χ2n) is 5.68. The fourth-order valence-electron chi connectivity index (χ4n) is 1.77. The molecule has 1 aromatic heterocycles. The molecule has 2 aromatic rings. The maximum Gasteiger partial charge on any atom is 0.203 e. The lowest BCUT2D eigenvalue weighted by Gasteiger charge is -2.25. The summed E-state index contributed by atoms with van der Waals surface area (Å²) in [6.45, 7) is 3.92. The van der Waals surface area contributed by atoms with Gasteiger partial charge >= 0.3 is 0 Å². The monoisotopic (exact) mass is 325 g/mol. The minimum absolute atomic E-state index is 0.150. The van der Waals surface area contributed by atoms with Gasteiger partial charge in [-0.3, -0.25) is 0 Å². The number of benzene rings is 1. The highest BCUT2D eigenvalue weighted by atomic mass is 32.2. The number of hydrogen-bond acceptors (Lipinski definition) is 6. The van der Waals surface area contributed by atoms with Gasteiger partial charge in [-0.1, -0.05) is 30.3 Å². The molecule has 114 valence electrons. The van der Waals surface area contributed by atoms with Crippen LogP contribution in [0.3, 0.4) is 0 Å². The summed E-state index contributed by atoms with van der Waals surface area (Å²) in [5.41, 5.74) is 0.618. The van der Waals surface area contributed by atoms with Gasteiger partial charge in [0.15, 0.2) is 5.82 Å². The van der Waals surface area contributed by atoms with E-state index < -0.39 is 9.84 Å². The maximum absolute atomic E-state index is 11.3. The predicted octanol–water partition coefficient (Wildman–Crippen LogP) is 2.83. The van der Waals surface area contributed by atoms with E-state index in [1.807, 2.05) is 44.2 Å². The summed E-state index contributed by atoms with van der Waals surface area (Å²) < 4.78 is 26.9. The summed E-state index contributed by atoms with van der Waals surface area (Å²) in [6, 6.07) is 9.75. The minimum atomic E-state index is -2.96. The summed E-state index contributed by atoms with van der Waals surface area (Å²) in [4.78, 5) is 4.46. The van der Waals surface area contributed by atoms with Crippen LogP contribution in [-0.4, -0.2) is 35.3 Å². The zero-order valence-electron chi connectivity index (χ0n) is 12.3. The van der Waals surface area contributed by atoms with Gasteiger partial charge in [0.2, 0.25) is 5.13 Å². The van der Waals surface area contributed by atoms with E-state index in [2.05, 4.69) is 14.7 Å². The molecule has 0 saturated carbocycles. The number of aromatic nitrogens is 2. The molecule has 0 fully saturated rings. The molecule has 0 unspecified atom stereocenters. The Labute approximate surface area is 129 Å². The molecule has 21 heavy (non-hydrogen) atoms. The maximum atomic E-state index is 11.3. The molecular weight excluding hydrogens is 306 g/mol. The van der Waals surface area contributed by atoms with Gasteiger partial charge in [0.25, 0.3) is 0 Å². The Balaban J connectivity index is 2.05. The molecule has 0 spiro atoms. The number of sulfone groups is 1. The van der Waals surface area contributed by atoms with Crippen LogP contribution in [-0.2, 0) is 9.84 Å². The Morgan fingerprint density at radius 1 is 1.24 bits per heavy atom. The van der Waals surface area contributed by atoms with Gasteiger partial charge in [-0.05, 0) is 20.3 Å². The second-order valence-corrected chi connectivity index (χ2v) is 8.69. The molecule has 7 heteroatoms. The number of hydrogen-bond donors (Lipinski definition) is 1. The first-order chi connectivity index (χ1) is 9.75. The van der Waals surface area contributed by atoms with Crippen molar-refractivity contribution in [2.45, 2.75) is 25.8 Å². The van der Waals surface area contributed by atoms with Crippen LogP contribution in [0.5, 0.6) is 0 Å². The van der Waals surface area contributed by atoms with Crippen molar-refractivity contribution >= 4 is 26.5 Å². The van der Waals surface area contributed by atoms with Gasteiger partial charge in [-0.2, -0.15) is 9.36 Å². The fraction of sp³-hybridized carbons (Fsp3) is 0.429. The Morgan fingerprint density at radius 3 is 2.52 bits per heavy atom. The SMILES string of the molecule is CC(C)(CCS(C)(=O)=O)Nc1nc(-c2ccccc2)ns1. The van der Waals surface area contributed by atoms with Crippen LogP contribution in [0.2, 0.25) is 0 Å². The topological polar surface area (TPSA) is 72.0 Å². The standard InChI is InChI=1S/C14H19N3O2S2/c1-14(2,9-10-21(3,18)19)16-13-15-12(17-20-13)11-7-5-4-6-8-11/h4-8H,9-10H2,1-3H3,(H,15,16,17). The highest BCUT2D eigenvalue weighted by molar-refractivity contribution is 7.90. The van der Waals surface area contributed by atoms with Crippen LogP contribution in [0.1, 0.15) is 20.3 Å². The normalized spacial score (nSPS) is 12.3. The third kappa shape index (κ3) is 5.09. The van der Waals surface area contributed by atoms with E-state index in [0.717, 1.165) is 5.56 Å². The Morgan fingerprint density at radius 2 is 1.90 bits per heavy atom. The van der Waals surface area contributed by atoms with Crippen LogP contribution in [0, 0.1) is 0 Å². The minimum Gasteiger partial charge on any atom is -0.355 e. The van der Waals surface area contributed by atoms with Crippen molar-refractivity contribution in [1.82, 2.24) is 9.36 Å². The van der Waals surface area contributed by atoms with Crippen LogP contribution < -0.4 is 5.32 Å². The first kappa shape index (κ1) is 15.9. The highest BCUT2D eigenvalue weighted by Crippen LogP contribution is 2.24. The summed E-state index contributed by atoms with van der Waals surface area (Å²) in [7, 11) is -2.96. The molecule has 1 N–H and O–H groups in total. The number of nitrogens with one attached hydrogen (secondary N) is 1. The largest absolute Gasteiger partial charge is 0.355 e. The van der Waals surface area contributed by atoms with E-state index in [1.165, 1.54) is 17.8 Å². The quantitative estimate of drug-likeness (QED) is 0.884. The molecule has 1 heterocycles. The molecule has 0 atom stereocenters. The molecule has 2 rings (SSSR count). The third-order valence-electron chi connectivity index (χ3n) is 3.00. The molecule has 5 nitrogen and oxygen atoms in total. The molecule has 1 aromatic carbocycles. The van der Waals surface area contributed by atoms with Crippen molar-refractivity contribution in [1.29, 1.82) is 0 Å². The molecule has 0 aliphatic carbocycles. The van der Waals surface area contributed by atoms with Gasteiger partial charge < -0.3 is 5.32 Å². The zero-order chi connectivity index (χ0) is 15.5. The number of rotatable bonds is 6. The third-order valence-corrected chi connectivity index (χ3v) is 4.58.